The molecule has 210 valence electrons. The summed E-state index contributed by atoms with van der Waals surface area (Å²) in [6, 6.07) is 9.17. The van der Waals surface area contributed by atoms with Gasteiger partial charge in [0.2, 0.25) is 11.6 Å². The number of hydrogen-bond donors (Lipinski definition) is 5. The third kappa shape index (κ3) is 5.38. The number of nitrogens with zero attached hydrogens (tertiary/aromatic N) is 2. The molecule has 2 aromatic carbocycles. The number of fused-ring (bicyclic) bond motifs is 1. The Morgan fingerprint density at radius 2 is 1.79 bits per heavy atom. The summed E-state index contributed by atoms with van der Waals surface area (Å²) in [6.45, 7) is 7.39. The number of amides is 3. The van der Waals surface area contributed by atoms with Crippen LogP contribution in [0.25, 0.3) is 0 Å². The summed E-state index contributed by atoms with van der Waals surface area (Å²) in [5.74, 6) is -6.41. The maximum atomic E-state index is 14.9. The van der Waals surface area contributed by atoms with Gasteiger partial charge in [0.05, 0.1) is 24.3 Å². The fourth-order valence-electron chi connectivity index (χ4n) is 4.98. The van der Waals surface area contributed by atoms with Crippen molar-refractivity contribution in [2.75, 3.05) is 31.6 Å². The molecule has 5 rings (SSSR count). The number of piperidine rings is 1. The van der Waals surface area contributed by atoms with Gasteiger partial charge in [-0.05, 0) is 23.8 Å². The first kappa shape index (κ1) is 28.6. The van der Waals surface area contributed by atoms with E-state index in [4.69, 9.17) is 4.74 Å². The zero-order chi connectivity index (χ0) is 28.4. The summed E-state index contributed by atoms with van der Waals surface area (Å²) < 4.78 is 20.2. The Balaban J connectivity index is 0.00000172. The van der Waals surface area contributed by atoms with Crippen LogP contribution in [0.3, 0.4) is 0 Å². The molecule has 2 aromatic rings. The highest BCUT2D eigenvalue weighted by Crippen LogP contribution is 2.45. The van der Waals surface area contributed by atoms with E-state index in [-0.39, 0.29) is 34.7 Å². The van der Waals surface area contributed by atoms with Crippen molar-refractivity contribution in [1.82, 2.24) is 15.1 Å². The zero-order valence-corrected chi connectivity index (χ0v) is 21.9. The van der Waals surface area contributed by atoms with Crippen LogP contribution in [0.2, 0.25) is 0 Å². The number of nitrogens with one attached hydrogen (secondary N) is 2. The van der Waals surface area contributed by atoms with Crippen LogP contribution >= 0.6 is 0 Å². The summed E-state index contributed by atoms with van der Waals surface area (Å²) in [5.41, 5.74) is -1.88. The van der Waals surface area contributed by atoms with E-state index < -0.39 is 41.6 Å². The quantitative estimate of drug-likeness (QED) is 0.265. The molecule has 3 aliphatic heterocycles. The van der Waals surface area contributed by atoms with E-state index >= 15 is 0 Å². The third-order valence-electron chi connectivity index (χ3n) is 6.93. The first-order valence-electron chi connectivity index (χ1n) is 12.9. The lowest BCUT2D eigenvalue weighted by Gasteiger charge is -2.42. The Labute approximate surface area is 225 Å². The van der Waals surface area contributed by atoms with E-state index in [1.54, 1.807) is 6.07 Å². The maximum absolute atomic E-state index is 14.9. The van der Waals surface area contributed by atoms with Gasteiger partial charge in [0.1, 0.15) is 5.82 Å². The van der Waals surface area contributed by atoms with Crippen molar-refractivity contribution in [1.29, 1.82) is 0 Å². The number of carbonyl (C=O) groups excluding carboxylic acids is 3. The Kier molecular flexibility index (Phi) is 8.33. The van der Waals surface area contributed by atoms with E-state index in [1.165, 1.54) is 24.3 Å². The fraction of sp³-hybridized carbons (Fsp3) is 0.444. The maximum Gasteiger partial charge on any atom is 0.283 e. The van der Waals surface area contributed by atoms with Gasteiger partial charge in [-0.1, -0.05) is 32.0 Å². The molecule has 2 saturated heterocycles. The predicted molar refractivity (Wildman–Crippen MR) is 137 cm³/mol. The molecule has 0 saturated carbocycles. The van der Waals surface area contributed by atoms with Gasteiger partial charge in [-0.25, -0.2) is 9.29 Å². The minimum absolute atomic E-state index is 0.0380. The topological polar surface area (TPSA) is 152 Å². The molecule has 0 aromatic heterocycles. The number of carbonyl (C=O) groups is 3. The molecule has 1 atom stereocenters. The highest BCUT2D eigenvalue weighted by Gasteiger charge is 2.61. The van der Waals surface area contributed by atoms with Crippen LogP contribution in [0.5, 0.6) is 0 Å². The van der Waals surface area contributed by atoms with Crippen LogP contribution in [-0.2, 0) is 33.3 Å². The number of ether oxygens (including phenoxy) is 1. The van der Waals surface area contributed by atoms with Gasteiger partial charge in [-0.3, -0.25) is 24.6 Å². The molecule has 0 spiro atoms. The zero-order valence-electron chi connectivity index (χ0n) is 21.9. The van der Waals surface area contributed by atoms with Crippen LogP contribution in [-0.4, -0.2) is 74.9 Å². The summed E-state index contributed by atoms with van der Waals surface area (Å²) in [6.07, 6.45) is -0.810. The number of anilines is 1. The van der Waals surface area contributed by atoms with Crippen LogP contribution in [0, 0.1) is 5.82 Å². The number of halogens is 1. The molecule has 39 heavy (non-hydrogen) atoms. The van der Waals surface area contributed by atoms with Crippen molar-refractivity contribution in [3.63, 3.8) is 0 Å². The average molecular weight is 545 g/mol. The lowest BCUT2D eigenvalue weighted by molar-refractivity contribution is -0.302. The van der Waals surface area contributed by atoms with Crippen LogP contribution < -0.4 is 10.6 Å². The first-order chi connectivity index (χ1) is 18.6. The van der Waals surface area contributed by atoms with Gasteiger partial charge in [-0.15, -0.1) is 0 Å². The lowest BCUT2D eigenvalue weighted by atomic mass is 9.99. The van der Waals surface area contributed by atoms with Gasteiger partial charge in [0.15, 0.2) is 0 Å². The van der Waals surface area contributed by atoms with E-state index in [0.717, 1.165) is 18.7 Å². The summed E-state index contributed by atoms with van der Waals surface area (Å²) in [7, 11) is 0. The molecule has 3 aliphatic rings. The van der Waals surface area contributed by atoms with Gasteiger partial charge in [0, 0.05) is 50.3 Å². The van der Waals surface area contributed by atoms with Crippen molar-refractivity contribution in [2.45, 2.75) is 51.4 Å². The molecule has 3 amide bonds. The Morgan fingerprint density at radius 3 is 2.46 bits per heavy atom. The number of imide groups is 1. The molecular weight excluding hydrogens is 511 g/mol. The van der Waals surface area contributed by atoms with Crippen LogP contribution in [0.4, 0.5) is 10.1 Å². The summed E-state index contributed by atoms with van der Waals surface area (Å²) >= 11 is 0. The second kappa shape index (κ2) is 11.4. The van der Waals surface area contributed by atoms with Crippen molar-refractivity contribution < 1.29 is 38.8 Å². The Hall–Kier alpha value is -3.42. The van der Waals surface area contributed by atoms with Crippen molar-refractivity contribution >= 4 is 23.4 Å². The molecule has 5 N–H and O–H groups in total. The minimum atomic E-state index is -3.08. The predicted octanol–water partition coefficient (Wildman–Crippen LogP) is 0.972. The van der Waals surface area contributed by atoms with Crippen molar-refractivity contribution in [3.8, 4) is 0 Å². The second-order valence-corrected chi connectivity index (χ2v) is 9.37. The largest absolute Gasteiger partial charge is 0.380 e. The molecule has 11 nitrogen and oxygen atoms in total. The van der Waals surface area contributed by atoms with E-state index in [2.05, 4.69) is 10.2 Å². The molecule has 0 radical (unpaired) electrons. The SMILES string of the molecule is CC.O=C1CCC(O)(N2C(=O)c3cccc(NCc4ccc(CN5CCOCC5)cc4F)c3C2(O)O)C(=O)N1. The molecule has 0 bridgehead atoms. The molecule has 2 fully saturated rings. The second-order valence-electron chi connectivity index (χ2n) is 9.37. The normalized spacial score (nSPS) is 22.6. The number of morpholine rings is 1. The monoisotopic (exact) mass is 544 g/mol. The van der Waals surface area contributed by atoms with Gasteiger partial charge >= 0.3 is 0 Å². The lowest BCUT2D eigenvalue weighted by Crippen LogP contribution is -2.67. The van der Waals surface area contributed by atoms with E-state index in [0.29, 0.717) is 25.3 Å². The minimum Gasteiger partial charge on any atom is -0.380 e. The van der Waals surface area contributed by atoms with E-state index in [1.807, 2.05) is 25.2 Å². The Bertz CT molecular complexity index is 1260. The van der Waals surface area contributed by atoms with Crippen LogP contribution in [0.1, 0.15) is 53.7 Å². The highest BCUT2D eigenvalue weighted by atomic mass is 19.1. The number of aliphatic hydroxyl groups is 3. The Morgan fingerprint density at radius 1 is 1.08 bits per heavy atom. The number of hydrogen-bond acceptors (Lipinski definition) is 9. The first-order valence-corrected chi connectivity index (χ1v) is 12.9. The molecule has 1 unspecified atom stereocenters. The number of benzene rings is 2. The fourth-order valence-corrected chi connectivity index (χ4v) is 4.98. The van der Waals surface area contributed by atoms with Gasteiger partial charge < -0.3 is 25.4 Å². The number of rotatable bonds is 6. The van der Waals surface area contributed by atoms with Gasteiger partial charge in [-0.2, -0.15) is 0 Å². The van der Waals surface area contributed by atoms with Crippen LogP contribution in [0.15, 0.2) is 36.4 Å². The highest BCUT2D eigenvalue weighted by molar-refractivity contribution is 6.08. The smallest absolute Gasteiger partial charge is 0.283 e. The average Bonchev–Trinajstić information content (AvgIpc) is 3.13. The molecule has 3 heterocycles. The van der Waals surface area contributed by atoms with Crippen molar-refractivity contribution in [2.24, 2.45) is 0 Å². The van der Waals surface area contributed by atoms with E-state index in [9.17, 15) is 34.1 Å². The van der Waals surface area contributed by atoms with Crippen molar-refractivity contribution in [3.05, 3.63) is 64.5 Å². The molecular formula is C27H33FN4O7. The summed E-state index contributed by atoms with van der Waals surface area (Å²) in [5, 5.41) is 37.8. The standard InChI is InChI=1S/C25H27FN4O7.C2H6/c26-18-12-15(14-29-8-10-37-11-9-29)4-5-16(18)13-27-19-3-1-2-17-21(19)25(35,36)30(22(17)32)24(34)7-6-20(31)28-23(24)33;1-2/h1-5,12,27,34-36H,6-11,13-14H2,(H,28,31,33);1-2H3. The van der Waals surface area contributed by atoms with Gasteiger partial charge in [0.25, 0.3) is 17.7 Å². The molecule has 12 heteroatoms. The molecule has 0 aliphatic carbocycles. The third-order valence-corrected chi connectivity index (χ3v) is 6.93. The summed E-state index contributed by atoms with van der Waals surface area (Å²) in [4.78, 5) is 39.5.